The van der Waals surface area contributed by atoms with Crippen LogP contribution in [0.2, 0.25) is 10.0 Å². The number of rotatable bonds is 6. The molecule has 0 aliphatic heterocycles. The summed E-state index contributed by atoms with van der Waals surface area (Å²) >= 11 is 12.0. The monoisotopic (exact) mass is 448 g/mol. The van der Waals surface area contributed by atoms with E-state index in [0.29, 0.717) is 0 Å². The van der Waals surface area contributed by atoms with E-state index in [4.69, 9.17) is 23.2 Å². The number of hydrogen-bond acceptors (Lipinski definition) is 4. The van der Waals surface area contributed by atoms with Gasteiger partial charge in [0.15, 0.2) is 15.6 Å². The Morgan fingerprint density at radius 3 is 2.24 bits per heavy atom. The van der Waals surface area contributed by atoms with Crippen molar-refractivity contribution in [3.8, 4) is 5.75 Å². The van der Waals surface area contributed by atoms with Crippen LogP contribution in [0.5, 0.6) is 5.75 Å². The quantitative estimate of drug-likeness (QED) is 0.520. The van der Waals surface area contributed by atoms with E-state index < -0.39 is 20.9 Å². The first-order valence-corrected chi connectivity index (χ1v) is 11.1. The van der Waals surface area contributed by atoms with Gasteiger partial charge in [0.05, 0.1) is 9.92 Å². The lowest BCUT2D eigenvalue weighted by molar-refractivity contribution is 0.0986. The van der Waals surface area contributed by atoms with Crippen LogP contribution >= 0.6 is 23.2 Å². The van der Waals surface area contributed by atoms with Crippen LogP contribution in [0.3, 0.4) is 0 Å². The largest absolute Gasteiger partial charge is 0.506 e. The van der Waals surface area contributed by atoms with Crippen LogP contribution in [0.15, 0.2) is 71.6 Å². The van der Waals surface area contributed by atoms with E-state index in [-0.39, 0.29) is 38.2 Å². The van der Waals surface area contributed by atoms with Gasteiger partial charge in [0, 0.05) is 17.0 Å². The molecule has 0 spiro atoms. The number of sulfone groups is 1. The summed E-state index contributed by atoms with van der Waals surface area (Å²) in [5.74, 6) is -0.859. The van der Waals surface area contributed by atoms with Crippen LogP contribution in [0, 0.1) is 6.92 Å². The van der Waals surface area contributed by atoms with Crippen molar-refractivity contribution in [2.75, 3.05) is 0 Å². The molecule has 1 atom stereocenters. The Labute approximate surface area is 179 Å². The van der Waals surface area contributed by atoms with Gasteiger partial charge in [-0.2, -0.15) is 0 Å². The molecule has 0 radical (unpaired) electrons. The highest BCUT2D eigenvalue weighted by Gasteiger charge is 2.35. The highest BCUT2D eigenvalue weighted by molar-refractivity contribution is 7.92. The molecule has 29 heavy (non-hydrogen) atoms. The van der Waals surface area contributed by atoms with Crippen LogP contribution in [0.4, 0.5) is 0 Å². The lowest BCUT2D eigenvalue weighted by Crippen LogP contribution is -2.33. The third-order valence-corrected chi connectivity index (χ3v) is 7.15. The fourth-order valence-corrected chi connectivity index (χ4v) is 5.19. The van der Waals surface area contributed by atoms with Crippen LogP contribution in [0.25, 0.3) is 0 Å². The summed E-state index contributed by atoms with van der Waals surface area (Å²) in [6, 6.07) is 17.2. The molecule has 0 unspecified atom stereocenters. The summed E-state index contributed by atoms with van der Waals surface area (Å²) in [5, 5.41) is 9.08. The second-order valence-electron chi connectivity index (χ2n) is 6.68. The number of Topliss-reactive ketones (excluding diaryl/α,β-unsaturated/α-hetero) is 1. The molecule has 0 aliphatic rings. The van der Waals surface area contributed by atoms with Crippen molar-refractivity contribution < 1.29 is 18.3 Å². The summed E-state index contributed by atoms with van der Waals surface area (Å²) < 4.78 is 26.8. The van der Waals surface area contributed by atoms with Crippen LogP contribution in [-0.2, 0) is 16.3 Å². The SMILES string of the molecule is Cc1ccc(S(=O)(=O)[C@@H](Cc2cc(Cl)cc(Cl)c2O)C(=O)c2ccccc2)cc1. The number of carbonyl (C=O) groups excluding carboxylic acids is 1. The maximum absolute atomic E-state index is 13.4. The number of halogens is 2. The molecule has 0 aromatic heterocycles. The molecular weight excluding hydrogens is 431 g/mol. The first-order valence-electron chi connectivity index (χ1n) is 8.77. The van der Waals surface area contributed by atoms with E-state index in [1.807, 2.05) is 6.92 Å². The van der Waals surface area contributed by atoms with E-state index >= 15 is 0 Å². The third-order valence-electron chi connectivity index (χ3n) is 4.59. The number of aromatic hydroxyl groups is 1. The molecule has 4 nitrogen and oxygen atoms in total. The number of carbonyl (C=O) groups is 1. The average Bonchev–Trinajstić information content (AvgIpc) is 2.70. The fraction of sp³-hybridized carbons (Fsp3) is 0.136. The van der Waals surface area contributed by atoms with E-state index in [9.17, 15) is 18.3 Å². The number of aryl methyl sites for hydroxylation is 1. The van der Waals surface area contributed by atoms with Gasteiger partial charge in [-0.15, -0.1) is 0 Å². The summed E-state index contributed by atoms with van der Waals surface area (Å²) in [4.78, 5) is 13.2. The maximum atomic E-state index is 13.4. The molecule has 1 N–H and O–H groups in total. The van der Waals surface area contributed by atoms with Crippen molar-refractivity contribution in [3.63, 3.8) is 0 Å². The van der Waals surface area contributed by atoms with Gasteiger partial charge in [0.1, 0.15) is 11.0 Å². The second-order valence-corrected chi connectivity index (χ2v) is 9.65. The summed E-state index contributed by atoms with van der Waals surface area (Å²) in [7, 11) is -4.05. The molecule has 0 bridgehead atoms. The zero-order chi connectivity index (χ0) is 21.2. The van der Waals surface area contributed by atoms with E-state index in [1.54, 1.807) is 42.5 Å². The van der Waals surface area contributed by atoms with Crippen LogP contribution < -0.4 is 0 Å². The van der Waals surface area contributed by atoms with Crippen molar-refractivity contribution in [1.82, 2.24) is 0 Å². The van der Waals surface area contributed by atoms with Gasteiger partial charge in [-0.1, -0.05) is 71.2 Å². The molecule has 0 saturated heterocycles. The zero-order valence-corrected chi connectivity index (χ0v) is 17.8. The second kappa shape index (κ2) is 8.57. The van der Waals surface area contributed by atoms with Crippen LogP contribution in [0.1, 0.15) is 21.5 Å². The van der Waals surface area contributed by atoms with Crippen molar-refractivity contribution in [1.29, 1.82) is 0 Å². The summed E-state index contributed by atoms with van der Waals surface area (Å²) in [6.07, 6.45) is -0.268. The smallest absolute Gasteiger partial charge is 0.189 e. The Morgan fingerprint density at radius 1 is 1.00 bits per heavy atom. The highest BCUT2D eigenvalue weighted by atomic mass is 35.5. The molecule has 0 saturated carbocycles. The first-order chi connectivity index (χ1) is 13.7. The van der Waals surface area contributed by atoms with Gasteiger partial charge in [-0.3, -0.25) is 4.79 Å². The van der Waals surface area contributed by atoms with Gasteiger partial charge < -0.3 is 5.11 Å². The Balaban J connectivity index is 2.12. The Hall–Kier alpha value is -2.34. The zero-order valence-electron chi connectivity index (χ0n) is 15.5. The van der Waals surface area contributed by atoms with Crippen LogP contribution in [-0.4, -0.2) is 24.6 Å². The molecule has 0 fully saturated rings. The number of hydrogen-bond donors (Lipinski definition) is 1. The molecule has 3 rings (SSSR count). The Bertz CT molecular complexity index is 1140. The number of ketones is 1. The highest BCUT2D eigenvalue weighted by Crippen LogP contribution is 2.34. The number of phenolic OH excluding ortho intramolecular Hbond substituents is 1. The fourth-order valence-electron chi connectivity index (χ4n) is 3.00. The minimum atomic E-state index is -4.05. The molecule has 7 heteroatoms. The molecule has 0 heterocycles. The van der Waals surface area contributed by atoms with Gasteiger partial charge in [0.2, 0.25) is 0 Å². The normalized spacial score (nSPS) is 12.5. The van der Waals surface area contributed by atoms with Gasteiger partial charge >= 0.3 is 0 Å². The number of phenols is 1. The Kier molecular flexibility index (Phi) is 6.32. The van der Waals surface area contributed by atoms with Crippen molar-refractivity contribution >= 4 is 38.8 Å². The predicted octanol–water partition coefficient (Wildman–Crippen LogP) is 5.28. The number of benzene rings is 3. The van der Waals surface area contributed by atoms with Gasteiger partial charge in [-0.25, -0.2) is 8.42 Å². The standard InChI is InChI=1S/C22H18Cl2O4S/c1-14-7-9-18(10-8-14)29(27,28)20(22(26)15-5-3-2-4-6-15)12-16-11-17(23)13-19(24)21(16)25/h2-11,13,20,25H,12H2,1H3/t20-/m0/s1. The Morgan fingerprint density at radius 2 is 1.62 bits per heavy atom. The third kappa shape index (κ3) is 4.64. The lowest BCUT2D eigenvalue weighted by Gasteiger charge is -2.18. The minimum absolute atomic E-state index is 0.00820. The first kappa shape index (κ1) is 21.4. The van der Waals surface area contributed by atoms with E-state index in [1.165, 1.54) is 24.3 Å². The van der Waals surface area contributed by atoms with Gasteiger partial charge in [0.25, 0.3) is 0 Å². The summed E-state index contributed by atoms with van der Waals surface area (Å²) in [5.41, 5.74) is 1.35. The van der Waals surface area contributed by atoms with Crippen molar-refractivity contribution in [3.05, 3.63) is 93.5 Å². The van der Waals surface area contributed by atoms with Crippen molar-refractivity contribution in [2.24, 2.45) is 0 Å². The molecule has 3 aromatic rings. The molecule has 150 valence electrons. The average molecular weight is 449 g/mol. The molecular formula is C22H18Cl2O4S. The molecule has 0 amide bonds. The van der Waals surface area contributed by atoms with Gasteiger partial charge in [-0.05, 0) is 36.8 Å². The summed E-state index contributed by atoms with van der Waals surface area (Å²) in [6.45, 7) is 1.84. The van der Waals surface area contributed by atoms with Crippen molar-refractivity contribution in [2.45, 2.75) is 23.5 Å². The minimum Gasteiger partial charge on any atom is -0.506 e. The molecule has 3 aromatic carbocycles. The lowest BCUT2D eigenvalue weighted by atomic mass is 10.0. The predicted molar refractivity (Wildman–Crippen MR) is 115 cm³/mol. The van der Waals surface area contributed by atoms with E-state index in [0.717, 1.165) is 5.56 Å². The topological polar surface area (TPSA) is 71.4 Å². The van der Waals surface area contributed by atoms with E-state index in [2.05, 4.69) is 0 Å². The molecule has 0 aliphatic carbocycles. The maximum Gasteiger partial charge on any atom is 0.189 e.